The van der Waals surface area contributed by atoms with E-state index in [1.165, 1.54) is 22.0 Å². The normalized spacial score (nSPS) is 15.7. The highest BCUT2D eigenvalue weighted by atomic mass is 32.1. The van der Waals surface area contributed by atoms with Gasteiger partial charge in [-0.25, -0.2) is 0 Å². The molecule has 0 atom stereocenters. The number of amides is 1. The Labute approximate surface area is 139 Å². The summed E-state index contributed by atoms with van der Waals surface area (Å²) < 4.78 is 9.04. The minimum atomic E-state index is 0.0704. The zero-order valence-electron chi connectivity index (χ0n) is 13.4. The number of piperazine rings is 1. The van der Waals surface area contributed by atoms with Crippen LogP contribution < -0.4 is 9.64 Å². The zero-order chi connectivity index (χ0) is 16.2. The zero-order valence-corrected chi connectivity index (χ0v) is 14.2. The standard InChI is InChI=1S/C16H20N4O2S/c1-12-15(23-18-17-12)16(21)20-9-7-19(8-10-20)11-13-3-5-14(22-2)6-4-13/h3-6H,7-11H2,1-2H3/p+1. The van der Waals surface area contributed by atoms with E-state index in [2.05, 4.69) is 21.7 Å². The maximum atomic E-state index is 12.5. The van der Waals surface area contributed by atoms with Gasteiger partial charge in [-0.1, -0.05) is 4.49 Å². The van der Waals surface area contributed by atoms with Gasteiger partial charge in [0.25, 0.3) is 5.91 Å². The minimum absolute atomic E-state index is 0.0704. The molecule has 1 N–H and O–H groups in total. The Hall–Kier alpha value is -1.99. The van der Waals surface area contributed by atoms with Crippen molar-refractivity contribution < 1.29 is 14.4 Å². The summed E-state index contributed by atoms with van der Waals surface area (Å²) in [5.41, 5.74) is 2.02. The maximum absolute atomic E-state index is 12.5. The van der Waals surface area contributed by atoms with Gasteiger partial charge in [0.2, 0.25) is 0 Å². The SMILES string of the molecule is COc1ccc(C[NH+]2CCN(C(=O)c3snnc3C)CC2)cc1. The highest BCUT2D eigenvalue weighted by Crippen LogP contribution is 2.13. The molecule has 3 rings (SSSR count). The quantitative estimate of drug-likeness (QED) is 0.880. The molecule has 1 aliphatic rings. The number of aryl methyl sites for hydroxylation is 1. The Balaban J connectivity index is 1.54. The molecule has 122 valence electrons. The van der Waals surface area contributed by atoms with Gasteiger partial charge in [0.15, 0.2) is 0 Å². The van der Waals surface area contributed by atoms with Crippen molar-refractivity contribution in [1.82, 2.24) is 14.5 Å². The molecule has 1 fully saturated rings. The number of aromatic nitrogens is 2. The Morgan fingerprint density at radius 2 is 2.00 bits per heavy atom. The fourth-order valence-corrected chi connectivity index (χ4v) is 3.43. The van der Waals surface area contributed by atoms with Crippen molar-refractivity contribution in [2.75, 3.05) is 33.3 Å². The number of hydrogen-bond acceptors (Lipinski definition) is 5. The van der Waals surface area contributed by atoms with Crippen LogP contribution in [0.25, 0.3) is 0 Å². The van der Waals surface area contributed by atoms with E-state index in [1.54, 1.807) is 7.11 Å². The van der Waals surface area contributed by atoms with Crippen molar-refractivity contribution in [1.29, 1.82) is 0 Å². The van der Waals surface area contributed by atoms with E-state index in [4.69, 9.17) is 4.74 Å². The molecule has 7 heteroatoms. The number of quaternary nitrogens is 1. The van der Waals surface area contributed by atoms with E-state index in [9.17, 15) is 4.79 Å². The van der Waals surface area contributed by atoms with Gasteiger partial charge < -0.3 is 14.5 Å². The van der Waals surface area contributed by atoms with E-state index >= 15 is 0 Å². The number of nitrogens with one attached hydrogen (secondary N) is 1. The molecule has 0 bridgehead atoms. The number of benzene rings is 1. The molecule has 23 heavy (non-hydrogen) atoms. The molecule has 1 aromatic carbocycles. The monoisotopic (exact) mass is 333 g/mol. The Bertz CT molecular complexity index is 663. The van der Waals surface area contributed by atoms with Crippen LogP contribution in [0.3, 0.4) is 0 Å². The molecule has 2 aromatic rings. The third kappa shape index (κ3) is 3.68. The minimum Gasteiger partial charge on any atom is -0.497 e. The Morgan fingerprint density at radius 3 is 2.57 bits per heavy atom. The van der Waals surface area contributed by atoms with E-state index < -0.39 is 0 Å². The molecule has 2 heterocycles. The summed E-state index contributed by atoms with van der Waals surface area (Å²) in [6, 6.07) is 8.20. The molecule has 0 unspecified atom stereocenters. The van der Waals surface area contributed by atoms with Crippen molar-refractivity contribution in [2.24, 2.45) is 0 Å². The molecule has 1 aromatic heterocycles. The van der Waals surface area contributed by atoms with Gasteiger partial charge in [-0.05, 0) is 42.7 Å². The number of carbonyl (C=O) groups excluding carboxylic acids is 1. The summed E-state index contributed by atoms with van der Waals surface area (Å²) in [5.74, 6) is 0.953. The van der Waals surface area contributed by atoms with E-state index in [0.717, 1.165) is 44.2 Å². The van der Waals surface area contributed by atoms with Gasteiger partial charge in [0.1, 0.15) is 17.2 Å². The van der Waals surface area contributed by atoms with Crippen LogP contribution in [0.2, 0.25) is 0 Å². The second-order valence-corrected chi connectivity index (χ2v) is 6.51. The lowest BCUT2D eigenvalue weighted by molar-refractivity contribution is -0.917. The first-order chi connectivity index (χ1) is 11.2. The van der Waals surface area contributed by atoms with Gasteiger partial charge in [-0.3, -0.25) is 4.79 Å². The van der Waals surface area contributed by atoms with Crippen LogP contribution in [0, 0.1) is 6.92 Å². The van der Waals surface area contributed by atoms with Crippen molar-refractivity contribution in [3.8, 4) is 5.75 Å². The lowest BCUT2D eigenvalue weighted by Crippen LogP contribution is -3.13. The number of ether oxygens (including phenoxy) is 1. The summed E-state index contributed by atoms with van der Waals surface area (Å²) in [6.45, 7) is 6.30. The smallest absolute Gasteiger partial charge is 0.267 e. The van der Waals surface area contributed by atoms with E-state index in [0.29, 0.717) is 4.88 Å². The number of carbonyl (C=O) groups is 1. The predicted molar refractivity (Wildman–Crippen MR) is 87.9 cm³/mol. The number of methoxy groups -OCH3 is 1. The summed E-state index contributed by atoms with van der Waals surface area (Å²) in [7, 11) is 1.68. The highest BCUT2D eigenvalue weighted by Gasteiger charge is 2.26. The third-order valence-corrected chi connectivity index (χ3v) is 5.03. The van der Waals surface area contributed by atoms with Crippen LogP contribution in [-0.2, 0) is 6.54 Å². The van der Waals surface area contributed by atoms with Gasteiger partial charge >= 0.3 is 0 Å². The number of rotatable bonds is 4. The highest BCUT2D eigenvalue weighted by molar-refractivity contribution is 7.07. The first kappa shape index (κ1) is 15.9. The second-order valence-electron chi connectivity index (χ2n) is 5.75. The van der Waals surface area contributed by atoms with Crippen LogP contribution in [0.4, 0.5) is 0 Å². The largest absolute Gasteiger partial charge is 0.497 e. The molecule has 0 aliphatic carbocycles. The lowest BCUT2D eigenvalue weighted by Gasteiger charge is -2.32. The van der Waals surface area contributed by atoms with Crippen LogP contribution >= 0.6 is 11.5 Å². The van der Waals surface area contributed by atoms with Crippen LogP contribution in [0.15, 0.2) is 24.3 Å². The van der Waals surface area contributed by atoms with Crippen LogP contribution in [0.5, 0.6) is 5.75 Å². The van der Waals surface area contributed by atoms with Gasteiger partial charge in [-0.15, -0.1) is 5.10 Å². The summed E-state index contributed by atoms with van der Waals surface area (Å²) in [5, 5.41) is 3.92. The molecule has 6 nitrogen and oxygen atoms in total. The second kappa shape index (κ2) is 7.06. The topological polar surface area (TPSA) is 59.8 Å². The van der Waals surface area contributed by atoms with Crippen LogP contribution in [-0.4, -0.2) is 53.7 Å². The molecular formula is C16H21N4O2S+. The van der Waals surface area contributed by atoms with Gasteiger partial charge in [0, 0.05) is 5.56 Å². The third-order valence-electron chi connectivity index (χ3n) is 4.22. The fraction of sp³-hybridized carbons (Fsp3) is 0.438. The molecular weight excluding hydrogens is 312 g/mol. The molecule has 1 amide bonds. The van der Waals surface area contributed by atoms with Crippen molar-refractivity contribution in [2.45, 2.75) is 13.5 Å². The molecule has 0 saturated carbocycles. The maximum Gasteiger partial charge on any atom is 0.267 e. The summed E-state index contributed by atoms with van der Waals surface area (Å²) in [4.78, 5) is 16.5. The fourth-order valence-electron chi connectivity index (χ4n) is 2.81. The molecule has 1 aliphatic heterocycles. The van der Waals surface area contributed by atoms with Crippen molar-refractivity contribution >= 4 is 17.4 Å². The van der Waals surface area contributed by atoms with Crippen LogP contribution in [0.1, 0.15) is 20.9 Å². The first-order valence-corrected chi connectivity index (χ1v) is 8.49. The number of hydrogen-bond donors (Lipinski definition) is 1. The average Bonchev–Trinajstić information content (AvgIpc) is 3.02. The first-order valence-electron chi connectivity index (χ1n) is 7.72. The Morgan fingerprint density at radius 1 is 1.30 bits per heavy atom. The summed E-state index contributed by atoms with van der Waals surface area (Å²) >= 11 is 1.19. The Kier molecular flexibility index (Phi) is 4.88. The molecule has 0 radical (unpaired) electrons. The van der Waals surface area contributed by atoms with Gasteiger partial charge in [-0.2, -0.15) is 0 Å². The van der Waals surface area contributed by atoms with Crippen molar-refractivity contribution in [3.63, 3.8) is 0 Å². The molecule has 0 spiro atoms. The number of nitrogens with zero attached hydrogens (tertiary/aromatic N) is 3. The van der Waals surface area contributed by atoms with E-state index in [1.807, 2.05) is 24.0 Å². The van der Waals surface area contributed by atoms with Crippen molar-refractivity contribution in [3.05, 3.63) is 40.4 Å². The summed E-state index contributed by atoms with van der Waals surface area (Å²) in [6.07, 6.45) is 0. The van der Waals surface area contributed by atoms with E-state index in [-0.39, 0.29) is 5.91 Å². The lowest BCUT2D eigenvalue weighted by atomic mass is 10.2. The predicted octanol–water partition coefficient (Wildman–Crippen LogP) is 0.396. The average molecular weight is 333 g/mol. The molecule has 1 saturated heterocycles. The van der Waals surface area contributed by atoms with Gasteiger partial charge in [0.05, 0.1) is 39.0 Å².